The number of aromatic nitrogens is 2. The molecule has 4 nitrogen and oxygen atoms in total. The van der Waals surface area contributed by atoms with Crippen molar-refractivity contribution in [3.8, 4) is 22.3 Å². The lowest BCUT2D eigenvalue weighted by Gasteiger charge is -2.33. The molecule has 5 rings (SSSR count). The summed E-state index contributed by atoms with van der Waals surface area (Å²) in [7, 11) is 0. The standard InChI is InChI=1S/C26H25ClFN3O/c1-16-15-31(9-7-24(16)28)26(32)19-4-5-22(23(27)11-19)21-10-20(13-29-14-21)18-6-8-30-25(12-18)17-2-3-17/h4-6,8,10-14,16-17,24H,2-3,7,9,15H2,1H3. The van der Waals surface area contributed by atoms with Crippen LogP contribution in [0.1, 0.15) is 48.2 Å². The summed E-state index contributed by atoms with van der Waals surface area (Å²) in [6.07, 6.45) is 7.44. The molecule has 6 heteroatoms. The summed E-state index contributed by atoms with van der Waals surface area (Å²) in [5, 5.41) is 0.497. The van der Waals surface area contributed by atoms with Crippen molar-refractivity contribution in [1.29, 1.82) is 0 Å². The molecular formula is C26H25ClFN3O. The predicted octanol–water partition coefficient (Wildman–Crippen LogP) is 6.16. The van der Waals surface area contributed by atoms with Crippen LogP contribution in [-0.2, 0) is 0 Å². The summed E-state index contributed by atoms with van der Waals surface area (Å²) < 4.78 is 13.8. The number of rotatable bonds is 4. The van der Waals surface area contributed by atoms with Gasteiger partial charge in [-0.05, 0) is 55.2 Å². The van der Waals surface area contributed by atoms with Gasteiger partial charge in [0.15, 0.2) is 0 Å². The lowest BCUT2D eigenvalue weighted by molar-refractivity contribution is 0.0559. The number of piperidine rings is 1. The Hall–Kier alpha value is -2.79. The molecule has 2 unspecified atom stereocenters. The number of pyridine rings is 2. The Kier molecular flexibility index (Phi) is 5.68. The lowest BCUT2D eigenvalue weighted by atomic mass is 9.97. The van der Waals surface area contributed by atoms with Crippen molar-refractivity contribution in [3.05, 3.63) is 71.3 Å². The molecule has 0 bridgehead atoms. The van der Waals surface area contributed by atoms with E-state index in [2.05, 4.69) is 22.1 Å². The van der Waals surface area contributed by atoms with Gasteiger partial charge in [0.2, 0.25) is 0 Å². The third-order valence-electron chi connectivity index (χ3n) is 6.46. The van der Waals surface area contributed by atoms with Crippen molar-refractivity contribution < 1.29 is 9.18 Å². The van der Waals surface area contributed by atoms with Crippen LogP contribution in [0, 0.1) is 5.92 Å². The topological polar surface area (TPSA) is 46.1 Å². The van der Waals surface area contributed by atoms with E-state index in [1.54, 1.807) is 23.2 Å². The molecule has 1 aromatic carbocycles. The Morgan fingerprint density at radius 2 is 1.88 bits per heavy atom. The molecule has 32 heavy (non-hydrogen) atoms. The molecule has 2 fully saturated rings. The molecule has 0 spiro atoms. The zero-order valence-electron chi connectivity index (χ0n) is 18.0. The van der Waals surface area contributed by atoms with Crippen LogP contribution in [0.3, 0.4) is 0 Å². The van der Waals surface area contributed by atoms with E-state index in [1.807, 2.05) is 31.5 Å². The number of halogens is 2. The summed E-state index contributed by atoms with van der Waals surface area (Å²) in [5.41, 5.74) is 5.47. The van der Waals surface area contributed by atoms with Gasteiger partial charge in [-0.15, -0.1) is 0 Å². The highest BCUT2D eigenvalue weighted by molar-refractivity contribution is 6.33. The number of likely N-dealkylation sites (tertiary alicyclic amines) is 1. The number of amides is 1. The van der Waals surface area contributed by atoms with Gasteiger partial charge in [-0.3, -0.25) is 14.8 Å². The SMILES string of the molecule is CC1CN(C(=O)c2ccc(-c3cncc(-c4ccnc(C5CC5)c4)c3)c(Cl)c2)CCC1F. The third-order valence-corrected chi connectivity index (χ3v) is 6.78. The van der Waals surface area contributed by atoms with Gasteiger partial charge in [0.05, 0.1) is 0 Å². The maximum Gasteiger partial charge on any atom is 0.253 e. The number of alkyl halides is 1. The molecule has 3 aromatic rings. The lowest BCUT2D eigenvalue weighted by Crippen LogP contribution is -2.43. The smallest absolute Gasteiger partial charge is 0.253 e. The van der Waals surface area contributed by atoms with Crippen LogP contribution < -0.4 is 0 Å². The summed E-state index contributed by atoms with van der Waals surface area (Å²) in [6, 6.07) is 11.6. The maximum atomic E-state index is 13.8. The van der Waals surface area contributed by atoms with Gasteiger partial charge < -0.3 is 4.90 Å². The average molecular weight is 450 g/mol. The molecule has 1 amide bonds. The second-order valence-corrected chi connectivity index (χ2v) is 9.34. The molecule has 0 N–H and O–H groups in total. The Morgan fingerprint density at radius 3 is 2.62 bits per heavy atom. The van der Waals surface area contributed by atoms with E-state index in [9.17, 15) is 9.18 Å². The number of carbonyl (C=O) groups excluding carboxylic acids is 1. The largest absolute Gasteiger partial charge is 0.338 e. The highest BCUT2D eigenvalue weighted by Crippen LogP contribution is 2.40. The minimum absolute atomic E-state index is 0.103. The van der Waals surface area contributed by atoms with E-state index >= 15 is 0 Å². The van der Waals surface area contributed by atoms with Gasteiger partial charge in [0.25, 0.3) is 5.91 Å². The van der Waals surface area contributed by atoms with Gasteiger partial charge in [-0.25, -0.2) is 4.39 Å². The Morgan fingerprint density at radius 1 is 1.06 bits per heavy atom. The van der Waals surface area contributed by atoms with Crippen LogP contribution in [-0.4, -0.2) is 40.0 Å². The summed E-state index contributed by atoms with van der Waals surface area (Å²) >= 11 is 6.60. The number of hydrogen-bond acceptors (Lipinski definition) is 3. The first-order valence-electron chi connectivity index (χ1n) is 11.1. The van der Waals surface area contributed by atoms with Crippen LogP contribution in [0.5, 0.6) is 0 Å². The van der Waals surface area contributed by atoms with E-state index < -0.39 is 6.17 Å². The van der Waals surface area contributed by atoms with Crippen molar-refractivity contribution in [1.82, 2.24) is 14.9 Å². The van der Waals surface area contributed by atoms with Crippen molar-refractivity contribution in [3.63, 3.8) is 0 Å². The Balaban J connectivity index is 1.39. The zero-order chi connectivity index (χ0) is 22.2. The first kappa shape index (κ1) is 21.1. The van der Waals surface area contributed by atoms with Crippen LogP contribution in [0.2, 0.25) is 5.02 Å². The van der Waals surface area contributed by atoms with Gasteiger partial charge in [-0.1, -0.05) is 24.6 Å². The molecule has 2 atom stereocenters. The minimum Gasteiger partial charge on any atom is -0.338 e. The van der Waals surface area contributed by atoms with Gasteiger partial charge in [0, 0.05) is 76.5 Å². The zero-order valence-corrected chi connectivity index (χ0v) is 18.7. The quantitative estimate of drug-likeness (QED) is 0.479. The van der Waals surface area contributed by atoms with Gasteiger partial charge >= 0.3 is 0 Å². The number of benzene rings is 1. The molecule has 1 aliphatic heterocycles. The van der Waals surface area contributed by atoms with Gasteiger partial charge in [0.1, 0.15) is 6.17 Å². The van der Waals surface area contributed by atoms with E-state index in [0.29, 0.717) is 36.0 Å². The molecule has 2 aliphatic rings. The van der Waals surface area contributed by atoms with E-state index in [0.717, 1.165) is 27.9 Å². The average Bonchev–Trinajstić information content (AvgIpc) is 3.66. The molecule has 1 saturated heterocycles. The van der Waals surface area contributed by atoms with Crippen molar-refractivity contribution in [2.45, 2.75) is 38.3 Å². The summed E-state index contributed by atoms with van der Waals surface area (Å²) in [4.78, 5) is 23.5. The van der Waals surface area contributed by atoms with E-state index in [4.69, 9.17) is 11.6 Å². The molecular weight excluding hydrogens is 425 g/mol. The molecule has 2 aromatic heterocycles. The predicted molar refractivity (Wildman–Crippen MR) is 124 cm³/mol. The first-order valence-corrected chi connectivity index (χ1v) is 11.5. The Labute approximate surface area is 192 Å². The summed E-state index contributed by atoms with van der Waals surface area (Å²) in [6.45, 7) is 2.71. The van der Waals surface area contributed by atoms with Crippen LogP contribution >= 0.6 is 11.6 Å². The Bertz CT molecular complexity index is 1160. The normalized spacial score (nSPS) is 20.9. The molecule has 164 valence electrons. The molecule has 3 heterocycles. The molecule has 1 aliphatic carbocycles. The first-order chi connectivity index (χ1) is 15.5. The highest BCUT2D eigenvalue weighted by Gasteiger charge is 2.29. The van der Waals surface area contributed by atoms with Crippen molar-refractivity contribution >= 4 is 17.5 Å². The van der Waals surface area contributed by atoms with E-state index in [1.165, 1.54) is 12.8 Å². The fourth-order valence-corrected chi connectivity index (χ4v) is 4.63. The number of carbonyl (C=O) groups is 1. The van der Waals surface area contributed by atoms with E-state index in [-0.39, 0.29) is 11.8 Å². The van der Waals surface area contributed by atoms with Gasteiger partial charge in [-0.2, -0.15) is 0 Å². The second kappa shape index (κ2) is 8.62. The minimum atomic E-state index is -0.842. The summed E-state index contributed by atoms with van der Waals surface area (Å²) in [5.74, 6) is 0.336. The highest BCUT2D eigenvalue weighted by atomic mass is 35.5. The van der Waals surface area contributed by atoms with Crippen LogP contribution in [0.15, 0.2) is 55.0 Å². The third kappa shape index (κ3) is 4.26. The molecule has 1 saturated carbocycles. The fourth-order valence-electron chi connectivity index (χ4n) is 4.34. The number of hydrogen-bond donors (Lipinski definition) is 0. The van der Waals surface area contributed by atoms with Crippen molar-refractivity contribution in [2.24, 2.45) is 5.92 Å². The monoisotopic (exact) mass is 449 g/mol. The molecule has 0 radical (unpaired) electrons. The van der Waals surface area contributed by atoms with Crippen LogP contribution in [0.4, 0.5) is 4.39 Å². The van der Waals surface area contributed by atoms with Crippen molar-refractivity contribution in [2.75, 3.05) is 13.1 Å². The maximum absolute atomic E-state index is 13.8. The fraction of sp³-hybridized carbons (Fsp3) is 0.346. The van der Waals surface area contributed by atoms with Crippen LogP contribution in [0.25, 0.3) is 22.3 Å². The number of nitrogens with zero attached hydrogens (tertiary/aromatic N) is 3. The second-order valence-electron chi connectivity index (χ2n) is 8.93.